The highest BCUT2D eigenvalue weighted by Crippen LogP contribution is 2.20. The topological polar surface area (TPSA) is 73.0 Å². The van der Waals surface area contributed by atoms with Crippen molar-refractivity contribution in [3.05, 3.63) is 60.0 Å². The predicted molar refractivity (Wildman–Crippen MR) is 94.2 cm³/mol. The highest BCUT2D eigenvalue weighted by atomic mass is 32.2. The first-order valence-electron chi connectivity index (χ1n) is 7.56. The van der Waals surface area contributed by atoms with Crippen molar-refractivity contribution in [2.24, 2.45) is 0 Å². The van der Waals surface area contributed by atoms with Crippen LogP contribution in [0.25, 0.3) is 5.69 Å². The minimum Gasteiger partial charge on any atom is -0.338 e. The van der Waals surface area contributed by atoms with Gasteiger partial charge in [-0.2, -0.15) is 5.10 Å². The number of carbonyl (C=O) groups excluding carboxylic acids is 1. The molecule has 7 heteroatoms. The lowest BCUT2D eigenvalue weighted by Gasteiger charge is -2.10. The number of carbonyl (C=O) groups is 1. The number of hydrogen-bond donors (Lipinski definition) is 1. The summed E-state index contributed by atoms with van der Waals surface area (Å²) >= 11 is 1.57. The van der Waals surface area contributed by atoms with Crippen molar-refractivity contribution >= 4 is 23.6 Å². The molecule has 2 heterocycles. The van der Waals surface area contributed by atoms with E-state index in [0.717, 1.165) is 22.7 Å². The maximum Gasteiger partial charge on any atom is 0.239 e. The van der Waals surface area contributed by atoms with Crippen LogP contribution in [-0.2, 0) is 10.5 Å². The van der Waals surface area contributed by atoms with Gasteiger partial charge in [-0.3, -0.25) is 10.1 Å². The molecule has 0 saturated heterocycles. The number of anilines is 1. The van der Waals surface area contributed by atoms with Crippen LogP contribution >= 0.6 is 11.8 Å². The van der Waals surface area contributed by atoms with E-state index in [-0.39, 0.29) is 11.2 Å². The van der Waals surface area contributed by atoms with Gasteiger partial charge in [0.2, 0.25) is 11.8 Å². The van der Waals surface area contributed by atoms with Gasteiger partial charge in [-0.05, 0) is 37.6 Å². The van der Waals surface area contributed by atoms with E-state index in [0.29, 0.717) is 5.88 Å². The number of aryl methyl sites for hydroxylation is 1. The Hall–Kier alpha value is -2.54. The van der Waals surface area contributed by atoms with Crippen LogP contribution in [0.4, 0.5) is 5.88 Å². The van der Waals surface area contributed by atoms with E-state index in [1.807, 2.05) is 42.9 Å². The lowest BCUT2D eigenvalue weighted by atomic mass is 10.2. The molecule has 1 aromatic carbocycles. The third-order valence-corrected chi connectivity index (χ3v) is 4.66. The summed E-state index contributed by atoms with van der Waals surface area (Å²) in [5.41, 5.74) is 2.91. The normalized spacial score (nSPS) is 12.1. The summed E-state index contributed by atoms with van der Waals surface area (Å²) in [7, 11) is 0. The predicted octanol–water partition coefficient (Wildman–Crippen LogP) is 3.43. The van der Waals surface area contributed by atoms with E-state index in [1.165, 1.54) is 0 Å². The first kappa shape index (κ1) is 16.3. The van der Waals surface area contributed by atoms with Crippen molar-refractivity contribution in [1.82, 2.24) is 14.9 Å². The second-order valence-electron chi connectivity index (χ2n) is 5.39. The third-order valence-electron chi connectivity index (χ3n) is 3.45. The van der Waals surface area contributed by atoms with E-state index in [4.69, 9.17) is 4.52 Å². The van der Waals surface area contributed by atoms with Gasteiger partial charge in [0.1, 0.15) is 0 Å². The summed E-state index contributed by atoms with van der Waals surface area (Å²) in [4.78, 5) is 12.1. The molecule has 2 aromatic heterocycles. The molecule has 1 atom stereocenters. The van der Waals surface area contributed by atoms with E-state index >= 15 is 0 Å². The van der Waals surface area contributed by atoms with Crippen molar-refractivity contribution in [2.45, 2.75) is 24.9 Å². The second kappa shape index (κ2) is 7.35. The average Bonchev–Trinajstić information content (AvgIpc) is 3.25. The molecular formula is C17H18N4O2S. The summed E-state index contributed by atoms with van der Waals surface area (Å²) in [5, 5.41) is 10.5. The van der Waals surface area contributed by atoms with Crippen LogP contribution in [0.1, 0.15) is 18.2 Å². The molecule has 0 aliphatic carbocycles. The van der Waals surface area contributed by atoms with Crippen LogP contribution in [0.5, 0.6) is 0 Å². The molecule has 1 N–H and O–H groups in total. The zero-order chi connectivity index (χ0) is 16.9. The van der Waals surface area contributed by atoms with Crippen molar-refractivity contribution < 1.29 is 9.32 Å². The monoisotopic (exact) mass is 342 g/mol. The summed E-state index contributed by atoms with van der Waals surface area (Å²) < 4.78 is 6.81. The minimum absolute atomic E-state index is 0.0932. The molecule has 0 unspecified atom stereocenters. The van der Waals surface area contributed by atoms with Crippen LogP contribution in [0.2, 0.25) is 0 Å². The molecule has 0 spiro atoms. The van der Waals surface area contributed by atoms with Crippen molar-refractivity contribution in [3.63, 3.8) is 0 Å². The maximum atomic E-state index is 12.1. The quantitative estimate of drug-likeness (QED) is 0.743. The fourth-order valence-electron chi connectivity index (χ4n) is 2.11. The Labute approximate surface area is 144 Å². The minimum atomic E-state index is -0.193. The van der Waals surface area contributed by atoms with Crippen molar-refractivity contribution in [3.8, 4) is 5.69 Å². The number of nitrogens with one attached hydrogen (secondary N) is 1. The largest absolute Gasteiger partial charge is 0.338 e. The number of rotatable bonds is 6. The number of nitrogens with zero attached hydrogens (tertiary/aromatic N) is 3. The number of benzene rings is 1. The zero-order valence-corrected chi connectivity index (χ0v) is 14.3. The van der Waals surface area contributed by atoms with Crippen molar-refractivity contribution in [2.75, 3.05) is 5.32 Å². The van der Waals surface area contributed by atoms with E-state index in [2.05, 4.69) is 27.7 Å². The molecule has 0 fully saturated rings. The second-order valence-corrected chi connectivity index (χ2v) is 6.72. The molecular weight excluding hydrogens is 324 g/mol. The molecule has 24 heavy (non-hydrogen) atoms. The molecule has 1 amide bonds. The summed E-state index contributed by atoms with van der Waals surface area (Å²) in [6, 6.07) is 11.7. The van der Waals surface area contributed by atoms with Crippen molar-refractivity contribution in [1.29, 1.82) is 0 Å². The molecule has 0 aliphatic heterocycles. The standard InChI is InChI=1S/C17H18N4O2S/c1-12-10-16(23-20-12)19-17(22)13(2)24-11-14-4-6-15(7-5-14)21-9-3-8-18-21/h3-10,13H,11H2,1-2H3,(H,19,22)/t13-/m0/s1. The average molecular weight is 342 g/mol. The SMILES string of the molecule is Cc1cc(NC(=O)[C@H](C)SCc2ccc(-n3cccn3)cc2)on1. The summed E-state index contributed by atoms with van der Waals surface area (Å²) in [6.45, 7) is 3.69. The van der Waals surface area contributed by atoms with Gasteiger partial charge in [0.25, 0.3) is 0 Å². The van der Waals surface area contributed by atoms with Gasteiger partial charge in [0, 0.05) is 24.2 Å². The van der Waals surface area contributed by atoms with Crippen LogP contribution in [0.15, 0.2) is 53.3 Å². The van der Waals surface area contributed by atoms with Gasteiger partial charge in [-0.25, -0.2) is 4.68 Å². The number of thioether (sulfide) groups is 1. The Bertz CT molecular complexity index is 796. The van der Waals surface area contributed by atoms with Gasteiger partial charge in [-0.15, -0.1) is 11.8 Å². The Kier molecular flexibility index (Phi) is 5.00. The van der Waals surface area contributed by atoms with E-state index in [9.17, 15) is 4.79 Å². The Balaban J connectivity index is 1.52. The summed E-state index contributed by atoms with van der Waals surface area (Å²) in [5.74, 6) is 1.04. The number of aromatic nitrogens is 3. The molecule has 3 aromatic rings. The first-order valence-corrected chi connectivity index (χ1v) is 8.61. The Morgan fingerprint density at radius 1 is 1.38 bits per heavy atom. The number of amides is 1. The van der Waals surface area contributed by atoms with Gasteiger partial charge in [0.15, 0.2) is 0 Å². The van der Waals surface area contributed by atoms with Gasteiger partial charge >= 0.3 is 0 Å². The van der Waals surface area contributed by atoms with Gasteiger partial charge in [-0.1, -0.05) is 17.3 Å². The molecule has 0 bridgehead atoms. The fourth-order valence-corrected chi connectivity index (χ4v) is 2.95. The van der Waals surface area contributed by atoms with Crippen LogP contribution < -0.4 is 5.32 Å². The van der Waals surface area contributed by atoms with Gasteiger partial charge in [0.05, 0.1) is 16.6 Å². The molecule has 0 saturated carbocycles. The van der Waals surface area contributed by atoms with Gasteiger partial charge < -0.3 is 4.52 Å². The zero-order valence-electron chi connectivity index (χ0n) is 13.5. The lowest BCUT2D eigenvalue weighted by molar-refractivity contribution is -0.115. The first-order chi connectivity index (χ1) is 11.6. The fraction of sp³-hybridized carbons (Fsp3) is 0.235. The van der Waals surface area contributed by atoms with Crippen LogP contribution in [0.3, 0.4) is 0 Å². The molecule has 6 nitrogen and oxygen atoms in total. The summed E-state index contributed by atoms with van der Waals surface area (Å²) in [6.07, 6.45) is 3.65. The van der Waals surface area contributed by atoms with E-state index < -0.39 is 0 Å². The van der Waals surface area contributed by atoms with Crippen LogP contribution in [0, 0.1) is 6.92 Å². The van der Waals surface area contributed by atoms with E-state index in [1.54, 1.807) is 24.0 Å². The molecule has 3 rings (SSSR count). The molecule has 0 aliphatic rings. The Morgan fingerprint density at radius 2 is 2.17 bits per heavy atom. The Morgan fingerprint density at radius 3 is 2.79 bits per heavy atom. The highest BCUT2D eigenvalue weighted by molar-refractivity contribution is 7.99. The molecule has 124 valence electrons. The third kappa shape index (κ3) is 4.05. The molecule has 0 radical (unpaired) electrons. The maximum absolute atomic E-state index is 12.1. The smallest absolute Gasteiger partial charge is 0.239 e. The highest BCUT2D eigenvalue weighted by Gasteiger charge is 2.15. The lowest BCUT2D eigenvalue weighted by Crippen LogP contribution is -2.22. The number of hydrogen-bond acceptors (Lipinski definition) is 5. The van der Waals surface area contributed by atoms with Crippen LogP contribution in [-0.4, -0.2) is 26.1 Å².